The Hall–Kier alpha value is -0.750. The molecule has 0 aliphatic carbocycles. The highest BCUT2D eigenvalue weighted by molar-refractivity contribution is 7.99. The fraction of sp³-hybridized carbons (Fsp3) is 0.846. The topological polar surface area (TPSA) is 75.6 Å². The predicted octanol–water partition coefficient (Wildman–Crippen LogP) is 1.02. The maximum Gasteiger partial charge on any atom is 0.329 e. The van der Waals surface area contributed by atoms with Crippen LogP contribution in [0.2, 0.25) is 0 Å². The number of carboxylic acid groups (broad SMARTS) is 1. The van der Waals surface area contributed by atoms with Gasteiger partial charge in [0.1, 0.15) is 5.54 Å². The summed E-state index contributed by atoms with van der Waals surface area (Å²) in [6, 6.07) is 0. The van der Waals surface area contributed by atoms with Crippen molar-refractivity contribution in [3.63, 3.8) is 0 Å². The third-order valence-electron chi connectivity index (χ3n) is 4.56. The highest BCUT2D eigenvalue weighted by Crippen LogP contribution is 2.39. The Morgan fingerprint density at radius 2 is 2.00 bits per heavy atom. The van der Waals surface area contributed by atoms with Crippen molar-refractivity contribution in [3.05, 3.63) is 0 Å². The third-order valence-corrected chi connectivity index (χ3v) is 5.55. The van der Waals surface area contributed by atoms with Crippen molar-refractivity contribution in [2.75, 3.05) is 11.5 Å². The fourth-order valence-corrected chi connectivity index (χ4v) is 4.54. The molecule has 3 rings (SSSR count). The molecule has 106 valence electrons. The normalized spacial score (nSPS) is 36.1. The van der Waals surface area contributed by atoms with Gasteiger partial charge in [0.15, 0.2) is 0 Å². The van der Waals surface area contributed by atoms with Gasteiger partial charge < -0.3 is 15.2 Å². The van der Waals surface area contributed by atoms with Gasteiger partial charge in [-0.2, -0.15) is 11.8 Å². The molecule has 1 amide bonds. The number of ether oxygens (including phenoxy) is 1. The summed E-state index contributed by atoms with van der Waals surface area (Å²) >= 11 is 1.75. The van der Waals surface area contributed by atoms with E-state index in [-0.39, 0.29) is 24.0 Å². The Kier molecular flexibility index (Phi) is 3.47. The van der Waals surface area contributed by atoms with E-state index in [1.807, 2.05) is 0 Å². The minimum absolute atomic E-state index is 0.00816. The number of nitrogens with one attached hydrogen (secondary N) is 1. The van der Waals surface area contributed by atoms with E-state index < -0.39 is 11.5 Å². The minimum atomic E-state index is -1.05. The van der Waals surface area contributed by atoms with Crippen LogP contribution in [0.4, 0.5) is 0 Å². The molecule has 0 aromatic heterocycles. The summed E-state index contributed by atoms with van der Waals surface area (Å²) in [6.07, 6.45) is 3.97. The SMILES string of the molecule is O=C(NC1(C(=O)O)CCSCC1)C1CC2CCC1O2. The number of fused-ring (bicyclic) bond motifs is 2. The van der Waals surface area contributed by atoms with Gasteiger partial charge in [0.2, 0.25) is 5.91 Å². The van der Waals surface area contributed by atoms with E-state index in [0.29, 0.717) is 12.8 Å². The minimum Gasteiger partial charge on any atom is -0.480 e. The van der Waals surface area contributed by atoms with Gasteiger partial charge in [0, 0.05) is 0 Å². The molecule has 3 heterocycles. The maximum absolute atomic E-state index is 12.4. The highest BCUT2D eigenvalue weighted by atomic mass is 32.2. The van der Waals surface area contributed by atoms with Crippen LogP contribution in [-0.2, 0) is 14.3 Å². The zero-order valence-corrected chi connectivity index (χ0v) is 11.6. The maximum atomic E-state index is 12.4. The second-order valence-electron chi connectivity index (χ2n) is 5.70. The Bertz CT molecular complexity index is 394. The highest BCUT2D eigenvalue weighted by Gasteiger charge is 2.48. The average Bonchev–Trinajstić information content (AvgIpc) is 3.02. The molecule has 3 fully saturated rings. The first-order valence-corrected chi connectivity index (χ1v) is 8.05. The number of aliphatic carboxylic acids is 1. The molecule has 0 saturated carbocycles. The summed E-state index contributed by atoms with van der Waals surface area (Å²) in [5, 5.41) is 12.3. The number of amides is 1. The lowest BCUT2D eigenvalue weighted by Crippen LogP contribution is -2.58. The third kappa shape index (κ3) is 2.36. The summed E-state index contributed by atoms with van der Waals surface area (Å²) in [6.45, 7) is 0. The molecular formula is C13H19NO4S. The molecule has 19 heavy (non-hydrogen) atoms. The summed E-state index contributed by atoms with van der Waals surface area (Å²) in [4.78, 5) is 23.9. The Labute approximate surface area is 116 Å². The lowest BCUT2D eigenvalue weighted by molar-refractivity contribution is -0.149. The van der Waals surface area contributed by atoms with Gasteiger partial charge in [-0.3, -0.25) is 4.79 Å². The van der Waals surface area contributed by atoms with Crippen molar-refractivity contribution < 1.29 is 19.4 Å². The summed E-state index contributed by atoms with van der Waals surface area (Å²) < 4.78 is 5.68. The van der Waals surface area contributed by atoms with Crippen LogP contribution >= 0.6 is 11.8 Å². The zero-order chi connectivity index (χ0) is 13.5. The summed E-state index contributed by atoms with van der Waals surface area (Å²) in [7, 11) is 0. The van der Waals surface area contributed by atoms with E-state index in [1.165, 1.54) is 0 Å². The van der Waals surface area contributed by atoms with Crippen molar-refractivity contribution in [2.24, 2.45) is 5.92 Å². The van der Waals surface area contributed by atoms with Crippen molar-refractivity contribution in [1.29, 1.82) is 0 Å². The van der Waals surface area contributed by atoms with Crippen LogP contribution in [0.1, 0.15) is 32.1 Å². The van der Waals surface area contributed by atoms with Gasteiger partial charge in [0.05, 0.1) is 18.1 Å². The lowest BCUT2D eigenvalue weighted by Gasteiger charge is -2.35. The molecule has 0 aromatic rings. The smallest absolute Gasteiger partial charge is 0.329 e. The van der Waals surface area contributed by atoms with Crippen molar-refractivity contribution in [2.45, 2.75) is 49.9 Å². The van der Waals surface area contributed by atoms with Crippen LogP contribution in [0.3, 0.4) is 0 Å². The standard InChI is InChI=1S/C13H19NO4S/c15-11(9-7-8-1-2-10(9)18-8)14-13(12(16)17)3-5-19-6-4-13/h8-10H,1-7H2,(H,14,15)(H,16,17). The van der Waals surface area contributed by atoms with Gasteiger partial charge in [-0.05, 0) is 43.6 Å². The van der Waals surface area contributed by atoms with Crippen LogP contribution < -0.4 is 5.32 Å². The molecule has 3 atom stereocenters. The first-order chi connectivity index (χ1) is 9.11. The number of rotatable bonds is 3. The number of hydrogen-bond acceptors (Lipinski definition) is 4. The van der Waals surface area contributed by atoms with E-state index in [9.17, 15) is 14.7 Å². The monoisotopic (exact) mass is 285 g/mol. The van der Waals surface area contributed by atoms with E-state index >= 15 is 0 Å². The van der Waals surface area contributed by atoms with Crippen molar-refractivity contribution in [1.82, 2.24) is 5.32 Å². The van der Waals surface area contributed by atoms with Crippen molar-refractivity contribution >= 4 is 23.6 Å². The molecule has 3 aliphatic rings. The van der Waals surface area contributed by atoms with Crippen LogP contribution in [0, 0.1) is 5.92 Å². The average molecular weight is 285 g/mol. The van der Waals surface area contributed by atoms with E-state index in [1.54, 1.807) is 11.8 Å². The molecule has 3 aliphatic heterocycles. The van der Waals surface area contributed by atoms with Crippen LogP contribution in [0.5, 0.6) is 0 Å². The van der Waals surface area contributed by atoms with Crippen LogP contribution in [0.25, 0.3) is 0 Å². The second kappa shape index (κ2) is 4.98. The molecule has 3 saturated heterocycles. The summed E-state index contributed by atoms with van der Waals surface area (Å²) in [5.41, 5.74) is -1.05. The largest absolute Gasteiger partial charge is 0.480 e. The molecule has 5 nitrogen and oxygen atoms in total. The molecule has 6 heteroatoms. The fourth-order valence-electron chi connectivity index (χ4n) is 3.35. The quantitative estimate of drug-likeness (QED) is 0.810. The van der Waals surface area contributed by atoms with Gasteiger partial charge in [-0.25, -0.2) is 4.79 Å². The number of carboxylic acids is 1. The van der Waals surface area contributed by atoms with Crippen molar-refractivity contribution in [3.8, 4) is 0 Å². The Morgan fingerprint density at radius 1 is 1.26 bits per heavy atom. The molecule has 2 bridgehead atoms. The number of carbonyl (C=O) groups is 2. The molecule has 0 radical (unpaired) electrons. The zero-order valence-electron chi connectivity index (χ0n) is 10.8. The first kappa shape index (κ1) is 13.2. The first-order valence-electron chi connectivity index (χ1n) is 6.89. The molecular weight excluding hydrogens is 266 g/mol. The van der Waals surface area contributed by atoms with Gasteiger partial charge in [0.25, 0.3) is 0 Å². The van der Waals surface area contributed by atoms with Gasteiger partial charge >= 0.3 is 5.97 Å². The number of thioether (sulfide) groups is 1. The van der Waals surface area contributed by atoms with Crippen LogP contribution in [-0.4, -0.2) is 46.2 Å². The van der Waals surface area contributed by atoms with Crippen LogP contribution in [0.15, 0.2) is 0 Å². The predicted molar refractivity (Wildman–Crippen MR) is 71.1 cm³/mol. The molecule has 0 aromatic carbocycles. The Morgan fingerprint density at radius 3 is 2.53 bits per heavy atom. The number of carbonyl (C=O) groups excluding carboxylic acids is 1. The molecule has 2 N–H and O–H groups in total. The van der Waals surface area contributed by atoms with E-state index in [2.05, 4.69) is 5.32 Å². The van der Waals surface area contributed by atoms with Gasteiger partial charge in [-0.1, -0.05) is 0 Å². The number of hydrogen-bond donors (Lipinski definition) is 2. The molecule has 0 spiro atoms. The van der Waals surface area contributed by atoms with E-state index in [4.69, 9.17) is 4.74 Å². The van der Waals surface area contributed by atoms with Gasteiger partial charge in [-0.15, -0.1) is 0 Å². The molecule has 3 unspecified atom stereocenters. The summed E-state index contributed by atoms with van der Waals surface area (Å²) in [5.74, 6) is 0.413. The van der Waals surface area contributed by atoms with E-state index in [0.717, 1.165) is 30.8 Å². The second-order valence-corrected chi connectivity index (χ2v) is 6.93. The lowest BCUT2D eigenvalue weighted by atomic mass is 9.86. The Balaban J connectivity index is 1.68.